The maximum atomic E-state index is 12.8. The van der Waals surface area contributed by atoms with E-state index in [0.717, 1.165) is 6.54 Å². The third-order valence-corrected chi connectivity index (χ3v) is 2.41. The van der Waals surface area contributed by atoms with Crippen molar-refractivity contribution in [1.29, 1.82) is 0 Å². The topological polar surface area (TPSA) is 63.2 Å². The summed E-state index contributed by atoms with van der Waals surface area (Å²) >= 11 is 0. The van der Waals surface area contributed by atoms with Gasteiger partial charge in [-0.25, -0.2) is 4.98 Å². The molecule has 2 N–H and O–H groups in total. The van der Waals surface area contributed by atoms with Crippen molar-refractivity contribution in [2.24, 2.45) is 0 Å². The fraction of sp³-hybridized carbons (Fsp3) is 0.455. The average molecular weight is 239 g/mol. The van der Waals surface area contributed by atoms with Gasteiger partial charge in [-0.3, -0.25) is 4.79 Å². The number of carbonyl (C=O) groups excluding carboxylic acids is 1. The molecule has 0 saturated carbocycles. The Bertz CT molecular complexity index is 394. The van der Waals surface area contributed by atoms with Crippen LogP contribution in [0.15, 0.2) is 18.2 Å². The van der Waals surface area contributed by atoms with E-state index in [9.17, 15) is 9.18 Å². The highest BCUT2D eigenvalue weighted by molar-refractivity contribution is 5.90. The molecule has 6 heteroatoms. The molecule has 0 spiro atoms. The van der Waals surface area contributed by atoms with E-state index in [0.29, 0.717) is 13.2 Å². The largest absolute Gasteiger partial charge is 0.378 e. The van der Waals surface area contributed by atoms with E-state index in [1.165, 1.54) is 12.1 Å². The smallest absolute Gasteiger partial charge is 0.227 e. The Hall–Kier alpha value is -1.53. The van der Waals surface area contributed by atoms with E-state index in [-0.39, 0.29) is 24.2 Å². The molecule has 1 fully saturated rings. The second-order valence-electron chi connectivity index (χ2n) is 3.82. The van der Waals surface area contributed by atoms with Crippen molar-refractivity contribution >= 4 is 11.7 Å². The molecule has 92 valence electrons. The number of hydrogen-bond donors (Lipinski definition) is 2. The van der Waals surface area contributed by atoms with Crippen LogP contribution in [0.5, 0.6) is 0 Å². The van der Waals surface area contributed by atoms with E-state index >= 15 is 0 Å². The van der Waals surface area contributed by atoms with Gasteiger partial charge in [-0.1, -0.05) is 6.07 Å². The van der Waals surface area contributed by atoms with Gasteiger partial charge in [-0.05, 0) is 12.1 Å². The standard InChI is InChI=1S/C11H14FN3O2/c12-9-2-1-3-10(14-9)15-11(16)6-8-7-17-5-4-13-8/h1-3,8,13H,4-7H2,(H,14,15,16). The number of anilines is 1. The van der Waals surface area contributed by atoms with E-state index in [1.54, 1.807) is 6.07 Å². The Labute approximate surface area is 98.4 Å². The lowest BCUT2D eigenvalue weighted by Crippen LogP contribution is -2.43. The molecule has 0 aromatic carbocycles. The van der Waals surface area contributed by atoms with E-state index < -0.39 is 5.95 Å². The number of nitrogens with one attached hydrogen (secondary N) is 2. The molecule has 0 aliphatic carbocycles. The fourth-order valence-electron chi connectivity index (χ4n) is 1.65. The predicted molar refractivity (Wildman–Crippen MR) is 60.1 cm³/mol. The van der Waals surface area contributed by atoms with Gasteiger partial charge in [-0.2, -0.15) is 4.39 Å². The summed E-state index contributed by atoms with van der Waals surface area (Å²) in [6, 6.07) is 4.29. The average Bonchev–Trinajstić information content (AvgIpc) is 2.30. The normalized spacial score (nSPS) is 19.9. The van der Waals surface area contributed by atoms with E-state index in [2.05, 4.69) is 15.6 Å². The van der Waals surface area contributed by atoms with Crippen LogP contribution in [0.25, 0.3) is 0 Å². The summed E-state index contributed by atoms with van der Waals surface area (Å²) in [6.07, 6.45) is 0.290. The van der Waals surface area contributed by atoms with Crippen molar-refractivity contribution in [3.63, 3.8) is 0 Å². The van der Waals surface area contributed by atoms with Gasteiger partial charge in [0.15, 0.2) is 0 Å². The first-order valence-corrected chi connectivity index (χ1v) is 5.47. The zero-order valence-corrected chi connectivity index (χ0v) is 9.28. The number of amides is 1. The molecule has 0 bridgehead atoms. The van der Waals surface area contributed by atoms with E-state index in [1.807, 2.05) is 0 Å². The minimum absolute atomic E-state index is 0.0114. The quantitative estimate of drug-likeness (QED) is 0.756. The van der Waals surface area contributed by atoms with Gasteiger partial charge in [0.1, 0.15) is 5.82 Å². The molecule has 1 unspecified atom stereocenters. The SMILES string of the molecule is O=C(CC1COCCN1)Nc1cccc(F)n1. The van der Waals surface area contributed by atoms with Crippen LogP contribution in [0, 0.1) is 5.95 Å². The number of morpholine rings is 1. The first-order chi connectivity index (χ1) is 8.24. The lowest BCUT2D eigenvalue weighted by molar-refractivity contribution is -0.117. The minimum atomic E-state index is -0.609. The van der Waals surface area contributed by atoms with Crippen molar-refractivity contribution in [3.05, 3.63) is 24.1 Å². The highest BCUT2D eigenvalue weighted by Crippen LogP contribution is 2.05. The molecular formula is C11H14FN3O2. The highest BCUT2D eigenvalue weighted by Gasteiger charge is 2.17. The third-order valence-electron chi connectivity index (χ3n) is 2.41. The first kappa shape index (κ1) is 11.9. The van der Waals surface area contributed by atoms with Crippen LogP contribution in [0.4, 0.5) is 10.2 Å². The molecule has 1 saturated heterocycles. The number of halogens is 1. The number of carbonyl (C=O) groups is 1. The van der Waals surface area contributed by atoms with Crippen molar-refractivity contribution in [3.8, 4) is 0 Å². The Kier molecular flexibility index (Phi) is 4.00. The summed E-state index contributed by atoms with van der Waals surface area (Å²) in [5, 5.41) is 5.71. The van der Waals surface area contributed by atoms with Crippen molar-refractivity contribution in [1.82, 2.24) is 10.3 Å². The summed E-state index contributed by atoms with van der Waals surface area (Å²) in [7, 11) is 0. The molecule has 5 nitrogen and oxygen atoms in total. The molecule has 1 aliphatic heterocycles. The Morgan fingerprint density at radius 1 is 1.65 bits per heavy atom. The summed E-state index contributed by atoms with van der Waals surface area (Å²) in [5.74, 6) is -0.584. The third kappa shape index (κ3) is 3.76. The summed E-state index contributed by atoms with van der Waals surface area (Å²) < 4.78 is 18.0. The van der Waals surface area contributed by atoms with Gasteiger partial charge in [0, 0.05) is 19.0 Å². The number of hydrogen-bond acceptors (Lipinski definition) is 4. The molecule has 1 aliphatic rings. The first-order valence-electron chi connectivity index (χ1n) is 5.47. The molecule has 2 rings (SSSR count). The molecule has 1 amide bonds. The van der Waals surface area contributed by atoms with Crippen molar-refractivity contribution < 1.29 is 13.9 Å². The zero-order chi connectivity index (χ0) is 12.1. The summed E-state index contributed by atoms with van der Waals surface area (Å²) in [6.45, 7) is 1.93. The van der Waals surface area contributed by atoms with Gasteiger partial charge in [0.2, 0.25) is 11.9 Å². The number of ether oxygens (including phenoxy) is 1. The van der Waals surface area contributed by atoms with Crippen molar-refractivity contribution in [2.45, 2.75) is 12.5 Å². The Morgan fingerprint density at radius 3 is 3.24 bits per heavy atom. The number of pyridine rings is 1. The van der Waals surface area contributed by atoms with Gasteiger partial charge in [0.25, 0.3) is 0 Å². The molecule has 1 aromatic rings. The van der Waals surface area contributed by atoms with E-state index in [4.69, 9.17) is 4.74 Å². The minimum Gasteiger partial charge on any atom is -0.378 e. The van der Waals surface area contributed by atoms with Crippen LogP contribution in [0.2, 0.25) is 0 Å². The summed E-state index contributed by atoms with van der Waals surface area (Å²) in [5.41, 5.74) is 0. The molecule has 2 heterocycles. The van der Waals surface area contributed by atoms with Crippen LogP contribution in [0.3, 0.4) is 0 Å². The molecular weight excluding hydrogens is 225 g/mol. The summed E-state index contributed by atoms with van der Waals surface area (Å²) in [4.78, 5) is 15.2. The lowest BCUT2D eigenvalue weighted by atomic mass is 10.2. The zero-order valence-electron chi connectivity index (χ0n) is 9.28. The van der Waals surface area contributed by atoms with Crippen LogP contribution >= 0.6 is 0 Å². The van der Waals surface area contributed by atoms with Gasteiger partial charge in [0.05, 0.1) is 13.2 Å². The fourth-order valence-corrected chi connectivity index (χ4v) is 1.65. The lowest BCUT2D eigenvalue weighted by Gasteiger charge is -2.23. The van der Waals surface area contributed by atoms with Crippen LogP contribution < -0.4 is 10.6 Å². The maximum Gasteiger partial charge on any atom is 0.227 e. The van der Waals surface area contributed by atoms with Crippen LogP contribution in [-0.2, 0) is 9.53 Å². The Balaban J connectivity index is 1.84. The number of aromatic nitrogens is 1. The number of rotatable bonds is 3. The molecule has 1 atom stereocenters. The van der Waals surface area contributed by atoms with Gasteiger partial charge < -0.3 is 15.4 Å². The van der Waals surface area contributed by atoms with Gasteiger partial charge in [-0.15, -0.1) is 0 Å². The maximum absolute atomic E-state index is 12.8. The highest BCUT2D eigenvalue weighted by atomic mass is 19.1. The number of nitrogens with zero attached hydrogens (tertiary/aromatic N) is 1. The van der Waals surface area contributed by atoms with Crippen molar-refractivity contribution in [2.75, 3.05) is 25.1 Å². The Morgan fingerprint density at radius 2 is 2.53 bits per heavy atom. The van der Waals surface area contributed by atoms with Crippen LogP contribution in [-0.4, -0.2) is 36.7 Å². The van der Waals surface area contributed by atoms with Crippen LogP contribution in [0.1, 0.15) is 6.42 Å². The molecule has 0 radical (unpaired) electrons. The monoisotopic (exact) mass is 239 g/mol. The van der Waals surface area contributed by atoms with Gasteiger partial charge >= 0.3 is 0 Å². The molecule has 1 aromatic heterocycles. The second kappa shape index (κ2) is 5.70. The predicted octanol–water partition coefficient (Wildman–Crippen LogP) is 0.538. The molecule has 17 heavy (non-hydrogen) atoms. The second-order valence-corrected chi connectivity index (χ2v) is 3.82.